The quantitative estimate of drug-likeness (QED) is 0.812. The summed E-state index contributed by atoms with van der Waals surface area (Å²) in [6.45, 7) is 5.25. The summed E-state index contributed by atoms with van der Waals surface area (Å²) in [6.07, 6.45) is 2.11. The highest BCUT2D eigenvalue weighted by atomic mass is 15.1. The van der Waals surface area contributed by atoms with Crippen molar-refractivity contribution < 1.29 is 0 Å². The van der Waals surface area contributed by atoms with Gasteiger partial charge in [-0.3, -0.25) is 0 Å². The van der Waals surface area contributed by atoms with Gasteiger partial charge in [-0.25, -0.2) is 4.98 Å². The van der Waals surface area contributed by atoms with E-state index in [2.05, 4.69) is 47.7 Å². The summed E-state index contributed by atoms with van der Waals surface area (Å²) >= 11 is 0. The Balaban J connectivity index is 2.14. The van der Waals surface area contributed by atoms with Crippen molar-refractivity contribution in [2.24, 2.45) is 0 Å². The van der Waals surface area contributed by atoms with Crippen molar-refractivity contribution in [3.63, 3.8) is 0 Å². The topological polar surface area (TPSA) is 37.0 Å². The molecule has 2 aromatic rings. The Kier molecular flexibility index (Phi) is 4.78. The zero-order chi connectivity index (χ0) is 13.5. The molecule has 19 heavy (non-hydrogen) atoms. The van der Waals surface area contributed by atoms with Crippen LogP contribution in [0.5, 0.6) is 0 Å². The Morgan fingerprint density at radius 3 is 2.53 bits per heavy atom. The smallest absolute Gasteiger partial charge is 0.132 e. The highest BCUT2D eigenvalue weighted by Crippen LogP contribution is 2.20. The lowest BCUT2D eigenvalue weighted by Crippen LogP contribution is -2.03. The van der Waals surface area contributed by atoms with Crippen LogP contribution in [-0.4, -0.2) is 11.5 Å². The van der Waals surface area contributed by atoms with Crippen molar-refractivity contribution in [3.8, 4) is 0 Å². The van der Waals surface area contributed by atoms with Crippen LogP contribution >= 0.6 is 0 Å². The van der Waals surface area contributed by atoms with Crippen LogP contribution in [0.1, 0.15) is 25.8 Å². The minimum Gasteiger partial charge on any atom is -0.370 e. The fourth-order valence-electron chi connectivity index (χ4n) is 1.94. The van der Waals surface area contributed by atoms with Crippen LogP contribution < -0.4 is 10.6 Å². The van der Waals surface area contributed by atoms with E-state index in [1.165, 1.54) is 5.56 Å². The number of aryl methyl sites for hydroxylation is 1. The third-order valence-electron chi connectivity index (χ3n) is 2.97. The molecule has 1 heterocycles. The molecule has 1 aromatic heterocycles. The van der Waals surface area contributed by atoms with Crippen molar-refractivity contribution >= 4 is 17.3 Å². The molecule has 2 N–H and O–H groups in total. The van der Waals surface area contributed by atoms with Gasteiger partial charge >= 0.3 is 0 Å². The van der Waals surface area contributed by atoms with Crippen LogP contribution in [0.2, 0.25) is 0 Å². The zero-order valence-corrected chi connectivity index (χ0v) is 11.6. The summed E-state index contributed by atoms with van der Waals surface area (Å²) in [5, 5.41) is 6.69. The fraction of sp³-hybridized carbons (Fsp3) is 0.312. The molecule has 0 aliphatic rings. The first-order valence-electron chi connectivity index (χ1n) is 6.89. The molecule has 2 rings (SSSR count). The third-order valence-corrected chi connectivity index (χ3v) is 2.97. The Hall–Kier alpha value is -2.03. The highest BCUT2D eigenvalue weighted by molar-refractivity contribution is 5.61. The van der Waals surface area contributed by atoms with Crippen molar-refractivity contribution in [1.82, 2.24) is 4.98 Å². The molecule has 0 saturated carbocycles. The molecule has 0 radical (unpaired) electrons. The van der Waals surface area contributed by atoms with Gasteiger partial charge in [-0.15, -0.1) is 0 Å². The summed E-state index contributed by atoms with van der Waals surface area (Å²) < 4.78 is 0. The van der Waals surface area contributed by atoms with Crippen LogP contribution in [0, 0.1) is 0 Å². The van der Waals surface area contributed by atoms with E-state index in [0.717, 1.165) is 36.7 Å². The molecule has 0 aliphatic heterocycles. The lowest BCUT2D eigenvalue weighted by molar-refractivity contribution is 0.970. The Bertz CT molecular complexity index is 523. The van der Waals surface area contributed by atoms with E-state index in [1.807, 2.05) is 24.3 Å². The lowest BCUT2D eigenvalue weighted by atomic mass is 10.1. The van der Waals surface area contributed by atoms with Crippen molar-refractivity contribution in [3.05, 3.63) is 48.0 Å². The maximum atomic E-state index is 4.56. The number of nitrogens with one attached hydrogen (secondary N) is 2. The third kappa shape index (κ3) is 3.71. The average Bonchev–Trinajstić information content (AvgIpc) is 2.46. The summed E-state index contributed by atoms with van der Waals surface area (Å²) in [7, 11) is 0. The van der Waals surface area contributed by atoms with Gasteiger partial charge in [-0.2, -0.15) is 0 Å². The van der Waals surface area contributed by atoms with Gasteiger partial charge in [0.25, 0.3) is 0 Å². The zero-order valence-electron chi connectivity index (χ0n) is 11.6. The van der Waals surface area contributed by atoms with E-state index in [4.69, 9.17) is 0 Å². The molecule has 0 spiro atoms. The van der Waals surface area contributed by atoms with Gasteiger partial charge in [-0.05, 0) is 36.6 Å². The Morgan fingerprint density at radius 2 is 1.74 bits per heavy atom. The summed E-state index contributed by atoms with van der Waals surface area (Å²) in [5.41, 5.74) is 2.43. The van der Waals surface area contributed by atoms with E-state index >= 15 is 0 Å². The molecule has 0 amide bonds. The van der Waals surface area contributed by atoms with Gasteiger partial charge < -0.3 is 10.6 Å². The van der Waals surface area contributed by atoms with Gasteiger partial charge in [0.1, 0.15) is 11.6 Å². The molecule has 0 atom stereocenters. The first-order valence-corrected chi connectivity index (χ1v) is 6.89. The van der Waals surface area contributed by atoms with Crippen LogP contribution in [0.3, 0.4) is 0 Å². The molecule has 0 fully saturated rings. The van der Waals surface area contributed by atoms with Gasteiger partial charge in [0, 0.05) is 12.2 Å². The second-order valence-corrected chi connectivity index (χ2v) is 4.47. The van der Waals surface area contributed by atoms with Gasteiger partial charge in [-0.1, -0.05) is 38.1 Å². The van der Waals surface area contributed by atoms with Crippen LogP contribution in [0.15, 0.2) is 42.5 Å². The van der Waals surface area contributed by atoms with Crippen LogP contribution in [0.4, 0.5) is 17.3 Å². The minimum atomic E-state index is 0.877. The molecule has 0 unspecified atom stereocenters. The van der Waals surface area contributed by atoms with E-state index in [1.54, 1.807) is 0 Å². The predicted molar refractivity (Wildman–Crippen MR) is 82.1 cm³/mol. The van der Waals surface area contributed by atoms with Gasteiger partial charge in [0.2, 0.25) is 0 Å². The molecule has 1 aromatic carbocycles. The number of anilines is 3. The summed E-state index contributed by atoms with van der Waals surface area (Å²) in [6, 6.07) is 14.3. The minimum absolute atomic E-state index is 0.877. The maximum absolute atomic E-state index is 4.56. The van der Waals surface area contributed by atoms with Gasteiger partial charge in [0.15, 0.2) is 0 Å². The second-order valence-electron chi connectivity index (χ2n) is 4.47. The maximum Gasteiger partial charge on any atom is 0.132 e. The number of para-hydroxylation sites is 1. The molecule has 0 saturated heterocycles. The number of aromatic nitrogens is 1. The molecule has 100 valence electrons. The summed E-state index contributed by atoms with van der Waals surface area (Å²) in [5.74, 6) is 1.79. The molecular formula is C16H21N3. The number of rotatable bonds is 6. The van der Waals surface area contributed by atoms with Crippen molar-refractivity contribution in [2.75, 3.05) is 17.2 Å². The Labute approximate surface area is 115 Å². The molecular weight excluding hydrogens is 234 g/mol. The van der Waals surface area contributed by atoms with E-state index in [0.29, 0.717) is 0 Å². The van der Waals surface area contributed by atoms with Crippen molar-refractivity contribution in [1.29, 1.82) is 0 Å². The standard InChI is InChI=1S/C16H21N3/c1-3-12-17-15-10-7-11-16(19-15)18-14-9-6-5-8-13(14)4-2/h5-11H,3-4,12H2,1-2H3,(H2,17,18,19). The van der Waals surface area contributed by atoms with Crippen LogP contribution in [-0.2, 0) is 6.42 Å². The summed E-state index contributed by atoms with van der Waals surface area (Å²) in [4.78, 5) is 4.56. The van der Waals surface area contributed by atoms with E-state index in [-0.39, 0.29) is 0 Å². The molecule has 3 heteroatoms. The van der Waals surface area contributed by atoms with E-state index in [9.17, 15) is 0 Å². The number of hydrogen-bond donors (Lipinski definition) is 2. The Morgan fingerprint density at radius 1 is 0.947 bits per heavy atom. The fourth-order valence-corrected chi connectivity index (χ4v) is 1.94. The number of hydrogen-bond acceptors (Lipinski definition) is 3. The molecule has 0 bridgehead atoms. The SMILES string of the molecule is CCCNc1cccc(Nc2ccccc2CC)n1. The number of nitrogens with zero attached hydrogens (tertiary/aromatic N) is 1. The average molecular weight is 255 g/mol. The monoisotopic (exact) mass is 255 g/mol. The normalized spacial score (nSPS) is 10.2. The first-order chi connectivity index (χ1) is 9.33. The number of pyridine rings is 1. The van der Waals surface area contributed by atoms with Crippen LogP contribution in [0.25, 0.3) is 0 Å². The van der Waals surface area contributed by atoms with Gasteiger partial charge in [0.05, 0.1) is 0 Å². The van der Waals surface area contributed by atoms with Crippen molar-refractivity contribution in [2.45, 2.75) is 26.7 Å². The molecule has 3 nitrogen and oxygen atoms in total. The largest absolute Gasteiger partial charge is 0.370 e. The molecule has 0 aliphatic carbocycles. The van der Waals surface area contributed by atoms with E-state index < -0.39 is 0 Å². The lowest BCUT2D eigenvalue weighted by Gasteiger charge is -2.11. The number of benzene rings is 1. The highest BCUT2D eigenvalue weighted by Gasteiger charge is 2.01. The predicted octanol–water partition coefficient (Wildman–Crippen LogP) is 4.21. The second kappa shape index (κ2) is 6.78. The first kappa shape index (κ1) is 13.4.